The van der Waals surface area contributed by atoms with Crippen molar-refractivity contribution >= 4 is 17.8 Å². The number of hydrogen-bond donors (Lipinski definition) is 0. The minimum Gasteiger partial charge on any atom is -0.460 e. The highest BCUT2D eigenvalue weighted by Crippen LogP contribution is 2.10. The predicted octanol–water partition coefficient (Wildman–Crippen LogP) is 2.15. The van der Waals surface area contributed by atoms with Crippen LogP contribution in [0.2, 0.25) is 0 Å². The fourth-order valence-corrected chi connectivity index (χ4v) is 1.26. The molecule has 0 aliphatic heterocycles. The average Bonchev–Trinajstić information content (AvgIpc) is 2.10. The van der Waals surface area contributed by atoms with E-state index in [-0.39, 0.29) is 13.0 Å². The standard InChI is InChI=1S/C14H25NO5/c1-13(2,3)19-11(17)8-10(16)9-15(7)12(18)20-14(4,5)6/h8-9H2,1-7H3. The first-order valence-corrected chi connectivity index (χ1v) is 6.48. The summed E-state index contributed by atoms with van der Waals surface area (Å²) < 4.78 is 10.1. The van der Waals surface area contributed by atoms with E-state index in [0.717, 1.165) is 4.90 Å². The van der Waals surface area contributed by atoms with Gasteiger partial charge in [-0.05, 0) is 41.5 Å². The lowest BCUT2D eigenvalue weighted by Crippen LogP contribution is -2.38. The normalized spacial score (nSPS) is 11.8. The van der Waals surface area contributed by atoms with Crippen molar-refractivity contribution in [3.8, 4) is 0 Å². The van der Waals surface area contributed by atoms with Gasteiger partial charge < -0.3 is 14.4 Å². The summed E-state index contributed by atoms with van der Waals surface area (Å²) in [6, 6.07) is 0. The third-order valence-corrected chi connectivity index (χ3v) is 1.88. The van der Waals surface area contributed by atoms with Crippen LogP contribution in [-0.2, 0) is 19.1 Å². The lowest BCUT2D eigenvalue weighted by Gasteiger charge is -2.24. The number of likely N-dealkylation sites (N-methyl/N-ethyl adjacent to an activating group) is 1. The predicted molar refractivity (Wildman–Crippen MR) is 74.3 cm³/mol. The van der Waals surface area contributed by atoms with Gasteiger partial charge >= 0.3 is 12.1 Å². The molecule has 0 aliphatic carbocycles. The average molecular weight is 287 g/mol. The molecule has 0 atom stereocenters. The number of amides is 1. The van der Waals surface area contributed by atoms with Crippen molar-refractivity contribution in [2.75, 3.05) is 13.6 Å². The molecule has 0 spiro atoms. The van der Waals surface area contributed by atoms with Gasteiger partial charge in [0.05, 0.1) is 6.54 Å². The number of Topliss-reactive ketones (excluding diaryl/α,β-unsaturated/α-hetero) is 1. The molecular formula is C14H25NO5. The highest BCUT2D eigenvalue weighted by Gasteiger charge is 2.23. The van der Waals surface area contributed by atoms with Gasteiger partial charge in [-0.3, -0.25) is 9.59 Å². The van der Waals surface area contributed by atoms with Crippen molar-refractivity contribution in [2.45, 2.75) is 59.2 Å². The number of carbonyl (C=O) groups excluding carboxylic acids is 3. The number of ketones is 1. The number of carbonyl (C=O) groups is 3. The molecule has 6 heteroatoms. The summed E-state index contributed by atoms with van der Waals surface area (Å²) in [5.41, 5.74) is -1.26. The van der Waals surface area contributed by atoms with Crippen LogP contribution in [0, 0.1) is 0 Å². The molecule has 116 valence electrons. The Balaban J connectivity index is 4.27. The Kier molecular flexibility index (Phi) is 6.19. The first kappa shape index (κ1) is 18.4. The molecular weight excluding hydrogens is 262 g/mol. The van der Waals surface area contributed by atoms with Crippen molar-refractivity contribution in [1.82, 2.24) is 4.90 Å². The molecule has 0 saturated carbocycles. The fraction of sp³-hybridized carbons (Fsp3) is 0.786. The number of esters is 1. The Bertz CT molecular complexity index is 376. The first-order valence-electron chi connectivity index (χ1n) is 6.48. The monoisotopic (exact) mass is 287 g/mol. The molecule has 0 N–H and O–H groups in total. The van der Waals surface area contributed by atoms with Crippen LogP contribution in [0.1, 0.15) is 48.0 Å². The Morgan fingerprint density at radius 1 is 0.900 bits per heavy atom. The molecule has 0 aromatic heterocycles. The molecule has 20 heavy (non-hydrogen) atoms. The van der Waals surface area contributed by atoms with E-state index >= 15 is 0 Å². The van der Waals surface area contributed by atoms with E-state index in [9.17, 15) is 14.4 Å². The molecule has 0 radical (unpaired) electrons. The van der Waals surface area contributed by atoms with Gasteiger partial charge in [0, 0.05) is 7.05 Å². The second-order valence-electron chi connectivity index (χ2n) is 6.64. The van der Waals surface area contributed by atoms with Gasteiger partial charge in [-0.2, -0.15) is 0 Å². The van der Waals surface area contributed by atoms with Gasteiger partial charge in [0.25, 0.3) is 0 Å². The van der Waals surface area contributed by atoms with Crippen molar-refractivity contribution in [1.29, 1.82) is 0 Å². The summed E-state index contributed by atoms with van der Waals surface area (Å²) >= 11 is 0. The zero-order valence-corrected chi connectivity index (χ0v) is 13.4. The summed E-state index contributed by atoms with van der Waals surface area (Å²) in [7, 11) is 1.45. The molecule has 0 bridgehead atoms. The minimum atomic E-state index is -0.631. The van der Waals surface area contributed by atoms with Crippen LogP contribution in [0.3, 0.4) is 0 Å². The van der Waals surface area contributed by atoms with E-state index in [0.29, 0.717) is 0 Å². The summed E-state index contributed by atoms with van der Waals surface area (Å²) in [6.07, 6.45) is -0.959. The summed E-state index contributed by atoms with van der Waals surface area (Å²) in [6.45, 7) is 10.2. The highest BCUT2D eigenvalue weighted by atomic mass is 16.6. The molecule has 0 aliphatic rings. The minimum absolute atomic E-state index is 0.186. The summed E-state index contributed by atoms with van der Waals surface area (Å²) in [5, 5.41) is 0. The molecule has 6 nitrogen and oxygen atoms in total. The highest BCUT2D eigenvalue weighted by molar-refractivity contribution is 5.97. The fourth-order valence-electron chi connectivity index (χ4n) is 1.26. The van der Waals surface area contributed by atoms with Crippen LogP contribution in [0.5, 0.6) is 0 Å². The number of rotatable bonds is 4. The van der Waals surface area contributed by atoms with Crippen LogP contribution < -0.4 is 0 Å². The maximum Gasteiger partial charge on any atom is 0.410 e. The van der Waals surface area contributed by atoms with Gasteiger partial charge in [0.2, 0.25) is 0 Å². The number of nitrogens with zero attached hydrogens (tertiary/aromatic N) is 1. The van der Waals surface area contributed by atoms with Gasteiger partial charge in [-0.1, -0.05) is 0 Å². The summed E-state index contributed by atoms with van der Waals surface area (Å²) in [5.74, 6) is -0.993. The number of hydrogen-bond acceptors (Lipinski definition) is 5. The van der Waals surface area contributed by atoms with E-state index in [1.165, 1.54) is 7.05 Å². The Morgan fingerprint density at radius 3 is 1.75 bits per heavy atom. The first-order chi connectivity index (χ1) is 8.80. The van der Waals surface area contributed by atoms with Crippen molar-refractivity contribution in [3.63, 3.8) is 0 Å². The molecule has 0 aromatic rings. The lowest BCUT2D eigenvalue weighted by molar-refractivity contribution is -0.156. The molecule has 0 heterocycles. The van der Waals surface area contributed by atoms with Crippen LogP contribution >= 0.6 is 0 Å². The molecule has 0 unspecified atom stereocenters. The quantitative estimate of drug-likeness (QED) is 0.585. The van der Waals surface area contributed by atoms with E-state index in [4.69, 9.17) is 9.47 Å². The van der Waals surface area contributed by atoms with E-state index < -0.39 is 29.0 Å². The third-order valence-electron chi connectivity index (χ3n) is 1.88. The van der Waals surface area contributed by atoms with Gasteiger partial charge in [0.15, 0.2) is 5.78 Å². The van der Waals surface area contributed by atoms with Crippen molar-refractivity contribution in [2.24, 2.45) is 0 Å². The van der Waals surface area contributed by atoms with Crippen molar-refractivity contribution < 1.29 is 23.9 Å². The Labute approximate surface area is 120 Å². The van der Waals surface area contributed by atoms with Gasteiger partial charge in [0.1, 0.15) is 17.6 Å². The topological polar surface area (TPSA) is 72.9 Å². The molecule has 0 fully saturated rings. The SMILES string of the molecule is CN(CC(=O)CC(=O)OC(C)(C)C)C(=O)OC(C)(C)C. The second kappa shape index (κ2) is 6.72. The zero-order chi connectivity index (χ0) is 16.1. The lowest BCUT2D eigenvalue weighted by atomic mass is 10.2. The van der Waals surface area contributed by atoms with Crippen LogP contribution in [-0.4, -0.2) is 47.5 Å². The smallest absolute Gasteiger partial charge is 0.410 e. The van der Waals surface area contributed by atoms with E-state index in [1.807, 2.05) is 0 Å². The van der Waals surface area contributed by atoms with Crippen molar-refractivity contribution in [3.05, 3.63) is 0 Å². The summed E-state index contributed by atoms with van der Waals surface area (Å²) in [4.78, 5) is 35.9. The van der Waals surface area contributed by atoms with Gasteiger partial charge in [-0.25, -0.2) is 4.79 Å². The number of ether oxygens (including phenoxy) is 2. The Hall–Kier alpha value is -1.59. The molecule has 0 aromatic carbocycles. The van der Waals surface area contributed by atoms with Crippen LogP contribution in [0.4, 0.5) is 4.79 Å². The van der Waals surface area contributed by atoms with Crippen LogP contribution in [0.25, 0.3) is 0 Å². The maximum absolute atomic E-state index is 11.7. The van der Waals surface area contributed by atoms with Gasteiger partial charge in [-0.15, -0.1) is 0 Å². The Morgan fingerprint density at radius 2 is 1.35 bits per heavy atom. The maximum atomic E-state index is 11.7. The molecule has 0 rings (SSSR count). The third kappa shape index (κ3) is 9.35. The van der Waals surface area contributed by atoms with Crippen LogP contribution in [0.15, 0.2) is 0 Å². The van der Waals surface area contributed by atoms with E-state index in [2.05, 4.69) is 0 Å². The largest absolute Gasteiger partial charge is 0.460 e. The zero-order valence-electron chi connectivity index (χ0n) is 13.4. The molecule has 1 amide bonds. The van der Waals surface area contributed by atoms with E-state index in [1.54, 1.807) is 41.5 Å². The molecule has 0 saturated heterocycles. The second-order valence-corrected chi connectivity index (χ2v) is 6.64.